The summed E-state index contributed by atoms with van der Waals surface area (Å²) in [4.78, 5) is 199. The second-order valence-electron chi connectivity index (χ2n) is 23.8. The highest BCUT2D eigenvalue weighted by atomic mass is 16.7. The van der Waals surface area contributed by atoms with Gasteiger partial charge in [-0.05, 0) is 12.8 Å². The first-order chi connectivity index (χ1) is 50.1. The molecule has 0 radical (unpaired) electrons. The maximum Gasteiger partial charge on any atom is 0.303 e. The van der Waals surface area contributed by atoms with Crippen molar-refractivity contribution in [1.29, 1.82) is 0 Å². The van der Waals surface area contributed by atoms with Crippen LogP contribution in [0.3, 0.4) is 0 Å². The molecule has 9 N–H and O–H groups in total. The van der Waals surface area contributed by atoms with Crippen molar-refractivity contribution < 1.29 is 162 Å². The Bertz CT molecular complexity index is 2960. The van der Waals surface area contributed by atoms with Gasteiger partial charge in [-0.1, -0.05) is 0 Å². The maximum absolute atomic E-state index is 13.7. The Hall–Kier alpha value is -8.88. The van der Waals surface area contributed by atoms with Crippen molar-refractivity contribution in [3.63, 3.8) is 0 Å². The van der Waals surface area contributed by atoms with Gasteiger partial charge >= 0.3 is 53.7 Å². The van der Waals surface area contributed by atoms with Crippen LogP contribution in [0.5, 0.6) is 0 Å². The largest absolute Gasteiger partial charge is 0.463 e. The predicted molar refractivity (Wildman–Crippen MR) is 350 cm³/mol. The first-order valence-corrected chi connectivity index (χ1v) is 33.7. The molecule has 0 bridgehead atoms. The Labute approximate surface area is 610 Å². The number of hydrogen-bond acceptors (Lipinski definition) is 35. The fourth-order valence-corrected chi connectivity index (χ4v) is 10.6. The molecule has 0 aromatic rings. The summed E-state index contributed by atoms with van der Waals surface area (Å²) in [6.07, 6.45) is -17.1. The molecule has 0 aliphatic carbocycles. The molecular formula is C64H100N8O34. The van der Waals surface area contributed by atoms with E-state index in [2.05, 4.69) is 37.2 Å². The normalized spacial score (nSPS) is 24.4. The second-order valence-corrected chi connectivity index (χ2v) is 23.8. The molecule has 3 saturated heterocycles. The number of rotatable bonds is 45. The monoisotopic (exact) mass is 1520 g/mol. The maximum atomic E-state index is 13.7. The minimum atomic E-state index is -1.39. The van der Waals surface area contributed by atoms with Gasteiger partial charge < -0.3 is 128 Å². The van der Waals surface area contributed by atoms with Gasteiger partial charge in [0.25, 0.3) is 0 Å². The molecule has 12 unspecified atom stereocenters. The summed E-state index contributed by atoms with van der Waals surface area (Å²) >= 11 is 0. The molecule has 42 heteroatoms. The summed E-state index contributed by atoms with van der Waals surface area (Å²) in [6.45, 7) is 10.3. The quantitative estimate of drug-likeness (QED) is 0.0160. The summed E-state index contributed by atoms with van der Waals surface area (Å²) < 4.78 is 100. The van der Waals surface area contributed by atoms with Crippen molar-refractivity contribution in [3.8, 4) is 0 Å². The van der Waals surface area contributed by atoms with Crippen LogP contribution in [-0.2, 0) is 162 Å². The molecule has 106 heavy (non-hydrogen) atoms. The van der Waals surface area contributed by atoms with Crippen LogP contribution in [0.25, 0.3) is 0 Å². The summed E-state index contributed by atoms with van der Waals surface area (Å²) in [6, 6.07) is -6.32. The molecule has 0 aromatic heterocycles. The van der Waals surface area contributed by atoms with Gasteiger partial charge in [0, 0.05) is 116 Å². The van der Waals surface area contributed by atoms with E-state index in [0.717, 1.165) is 62.3 Å². The molecule has 0 saturated carbocycles. The molecule has 0 aromatic carbocycles. The number of nitrogens with one attached hydrogen (secondary N) is 7. The van der Waals surface area contributed by atoms with Crippen LogP contribution < -0.4 is 43.0 Å². The molecular weight excluding hydrogens is 1420 g/mol. The van der Waals surface area contributed by atoms with Gasteiger partial charge in [-0.2, -0.15) is 0 Å². The molecule has 7 amide bonds. The van der Waals surface area contributed by atoms with Gasteiger partial charge in [0.15, 0.2) is 55.5 Å². The Morgan fingerprint density at radius 3 is 0.934 bits per heavy atom. The lowest BCUT2D eigenvalue weighted by Crippen LogP contribution is -2.66. The zero-order valence-corrected chi connectivity index (χ0v) is 61.2. The predicted octanol–water partition coefficient (Wildman–Crippen LogP) is -5.22. The summed E-state index contributed by atoms with van der Waals surface area (Å²) in [5.74, 6) is -11.5. The molecule has 3 aliphatic rings. The third-order valence-corrected chi connectivity index (χ3v) is 14.7. The number of nitrogens with two attached hydrogens (primary N) is 1. The first-order valence-electron chi connectivity index (χ1n) is 33.7. The zero-order chi connectivity index (χ0) is 79.2. The minimum Gasteiger partial charge on any atom is -0.463 e. The Kier molecular flexibility index (Phi) is 41.7. The zero-order valence-electron chi connectivity index (χ0n) is 61.2. The lowest BCUT2D eigenvalue weighted by atomic mass is 9.96. The van der Waals surface area contributed by atoms with Crippen molar-refractivity contribution in [1.82, 2.24) is 37.2 Å². The highest BCUT2D eigenvalue weighted by Gasteiger charge is 2.54. The summed E-state index contributed by atoms with van der Waals surface area (Å²) in [5.41, 5.74) is 6.14. The molecule has 3 aliphatic heterocycles. The van der Waals surface area contributed by atoms with Crippen LogP contribution in [0, 0.1) is 0 Å². The van der Waals surface area contributed by atoms with Gasteiger partial charge in [-0.25, -0.2) is 0 Å². The SMILES string of the molecule is CC(=O)NC1C(OCCOCCNC(=O)CC[C@H](NC(=O)CC[C@H](N)C(=O)NCCOCCOC2OC(COC(C)=O)[C@H](OC(C)=O)C(OC(C)=O)C2NC(C)=O)C(=O)NCCOCCOC2OC(COC(C)=O)[C@H](OC(C)=O)C(OC(C)=O)C2NC(C)=O)OC(COC(C)=O)[C@H](OC(C)=O)C1OC(C)=O. The number of carbonyl (C=O) groups is 16. The smallest absolute Gasteiger partial charge is 0.303 e. The van der Waals surface area contributed by atoms with Crippen molar-refractivity contribution in [2.24, 2.45) is 5.73 Å². The molecule has 3 rings (SSSR count). The second kappa shape index (κ2) is 48.3. The Balaban J connectivity index is 1.64. The van der Waals surface area contributed by atoms with Crippen molar-refractivity contribution in [3.05, 3.63) is 0 Å². The molecule has 17 atom stereocenters. The topological polar surface area (TPSA) is 549 Å². The van der Waals surface area contributed by atoms with Crippen LogP contribution >= 0.6 is 0 Å². The van der Waals surface area contributed by atoms with Gasteiger partial charge in [0.2, 0.25) is 41.4 Å². The van der Waals surface area contributed by atoms with E-state index < -0.39 is 219 Å². The Morgan fingerprint density at radius 1 is 0.340 bits per heavy atom. The lowest BCUT2D eigenvalue weighted by molar-refractivity contribution is -0.279. The summed E-state index contributed by atoms with van der Waals surface area (Å²) in [5, 5.41) is 18.1. The highest BCUT2D eigenvalue weighted by molar-refractivity contribution is 5.89. The van der Waals surface area contributed by atoms with Gasteiger partial charge in [-0.15, -0.1) is 0 Å². The molecule has 600 valence electrons. The number of hydrogen-bond donors (Lipinski definition) is 8. The third kappa shape index (κ3) is 35.5. The molecule has 42 nitrogen and oxygen atoms in total. The van der Waals surface area contributed by atoms with E-state index in [1.165, 1.54) is 20.8 Å². The van der Waals surface area contributed by atoms with Crippen LogP contribution in [0.4, 0.5) is 0 Å². The summed E-state index contributed by atoms with van der Waals surface area (Å²) in [7, 11) is 0. The third-order valence-electron chi connectivity index (χ3n) is 14.7. The van der Waals surface area contributed by atoms with Crippen molar-refractivity contribution in [2.45, 2.75) is 213 Å². The molecule has 3 heterocycles. The average Bonchev–Trinajstić information content (AvgIpc) is 0.801. The van der Waals surface area contributed by atoms with E-state index in [1.54, 1.807) is 0 Å². The fourth-order valence-electron chi connectivity index (χ4n) is 10.6. The standard InChI is InChI=1S/C64H100N8O34/c1-32(73)69-51-57(101-41(10)82)54(98-38(7)79)46(29-95-35(4)76)104-62(51)92-26-23-89-20-17-66-49(85)16-14-45(61(88)68-19-22-91-25-28-94-64-53(71-34(3)75)59(103-43(12)84)56(100-40(9)81)48(106-64)31-97-37(6)78)72-50(86)15-13-44(65)60(87)67-18-21-90-24-27-93-63-52(70-33(2)74)58(102-42(11)83)55(99-39(8)80)47(105-63)30-96-36(5)77/h44-48,51-59,62-64H,13-31,65H2,1-12H3,(H,66,85)(H,67,87)(H,68,88)(H,69,73)(H,70,74)(H,71,75)(H,72,86)/t44-,45-,46?,47?,48?,51?,52?,53?,54-,55-,56-,57?,58?,59?,62?,63?,64?/m0/s1. The van der Waals surface area contributed by atoms with E-state index in [-0.39, 0.29) is 105 Å². The number of amides is 7. The van der Waals surface area contributed by atoms with Crippen LogP contribution in [0.1, 0.15) is 109 Å². The number of esters is 9. The van der Waals surface area contributed by atoms with E-state index in [9.17, 15) is 76.7 Å². The van der Waals surface area contributed by atoms with E-state index in [4.69, 9.17) is 91.0 Å². The Morgan fingerprint density at radius 2 is 0.632 bits per heavy atom. The van der Waals surface area contributed by atoms with Gasteiger partial charge in [-0.3, -0.25) is 76.7 Å². The van der Waals surface area contributed by atoms with E-state index in [0.29, 0.717) is 0 Å². The van der Waals surface area contributed by atoms with E-state index >= 15 is 0 Å². The highest BCUT2D eigenvalue weighted by Crippen LogP contribution is 2.31. The van der Waals surface area contributed by atoms with E-state index in [1.807, 2.05) is 0 Å². The first kappa shape index (κ1) is 91.3. The van der Waals surface area contributed by atoms with Crippen LogP contribution in [-0.4, -0.2) is 298 Å². The van der Waals surface area contributed by atoms with Crippen molar-refractivity contribution in [2.75, 3.05) is 98.9 Å². The van der Waals surface area contributed by atoms with Crippen molar-refractivity contribution >= 4 is 95.1 Å². The van der Waals surface area contributed by atoms with Gasteiger partial charge in [0.1, 0.15) is 62.3 Å². The minimum absolute atomic E-state index is 0.0700. The van der Waals surface area contributed by atoms with Crippen LogP contribution in [0.2, 0.25) is 0 Å². The number of carbonyl (C=O) groups excluding carboxylic acids is 16. The van der Waals surface area contributed by atoms with Gasteiger partial charge in [0.05, 0.1) is 65.5 Å². The molecule has 0 spiro atoms. The fraction of sp³-hybridized carbons (Fsp3) is 0.750. The number of ether oxygens (including phenoxy) is 18. The lowest BCUT2D eigenvalue weighted by Gasteiger charge is -2.44. The van der Waals surface area contributed by atoms with Crippen LogP contribution in [0.15, 0.2) is 0 Å². The molecule has 3 fully saturated rings. The average molecular weight is 1530 g/mol.